The van der Waals surface area contributed by atoms with Crippen molar-refractivity contribution in [2.45, 2.75) is 25.3 Å². The van der Waals surface area contributed by atoms with Crippen LogP contribution < -0.4 is 10.1 Å². The molecule has 1 aromatic rings. The molecule has 0 bridgehead atoms. The van der Waals surface area contributed by atoms with Gasteiger partial charge in [0.1, 0.15) is 5.75 Å². The number of ether oxygens (including phenoxy) is 1. The van der Waals surface area contributed by atoms with E-state index in [4.69, 9.17) is 4.74 Å². The zero-order valence-electron chi connectivity index (χ0n) is 9.42. The number of rotatable bonds is 2. The van der Waals surface area contributed by atoms with Gasteiger partial charge in [0.2, 0.25) is 0 Å². The minimum atomic E-state index is 0.535. The fourth-order valence-corrected chi connectivity index (χ4v) is 3.31. The molecule has 3 rings (SSSR count). The van der Waals surface area contributed by atoms with Crippen LogP contribution in [0.15, 0.2) is 16.6 Å². The Morgan fingerprint density at radius 1 is 1.38 bits per heavy atom. The summed E-state index contributed by atoms with van der Waals surface area (Å²) in [7, 11) is 1.76. The van der Waals surface area contributed by atoms with Crippen LogP contribution in [0.1, 0.15) is 30.0 Å². The molecule has 0 spiro atoms. The van der Waals surface area contributed by atoms with Crippen LogP contribution in [0.4, 0.5) is 0 Å². The minimum absolute atomic E-state index is 0.535. The highest BCUT2D eigenvalue weighted by Crippen LogP contribution is 2.47. The van der Waals surface area contributed by atoms with Gasteiger partial charge < -0.3 is 10.1 Å². The summed E-state index contributed by atoms with van der Waals surface area (Å²) in [6, 6.07) is 4.71. The largest absolute Gasteiger partial charge is 0.496 e. The molecule has 0 amide bonds. The van der Waals surface area contributed by atoms with E-state index in [-0.39, 0.29) is 0 Å². The second-order valence-corrected chi connectivity index (χ2v) is 5.52. The SMILES string of the molecule is COc1ccc(Br)c2c1CCNC2C1CC1. The van der Waals surface area contributed by atoms with Crippen LogP contribution in [0.5, 0.6) is 5.75 Å². The van der Waals surface area contributed by atoms with Crippen molar-refractivity contribution in [3.63, 3.8) is 0 Å². The number of methoxy groups -OCH3 is 1. The van der Waals surface area contributed by atoms with E-state index in [1.54, 1.807) is 7.11 Å². The quantitative estimate of drug-likeness (QED) is 0.900. The Morgan fingerprint density at radius 2 is 2.19 bits per heavy atom. The molecule has 0 aromatic heterocycles. The predicted octanol–water partition coefficient (Wildman–Crippen LogP) is 3.05. The van der Waals surface area contributed by atoms with E-state index in [9.17, 15) is 0 Å². The second-order valence-electron chi connectivity index (χ2n) is 4.66. The van der Waals surface area contributed by atoms with Gasteiger partial charge in [0.15, 0.2) is 0 Å². The van der Waals surface area contributed by atoms with Crippen molar-refractivity contribution in [3.8, 4) is 5.75 Å². The maximum atomic E-state index is 5.47. The predicted molar refractivity (Wildman–Crippen MR) is 67.9 cm³/mol. The third-order valence-corrected chi connectivity index (χ3v) is 4.32. The van der Waals surface area contributed by atoms with Gasteiger partial charge >= 0.3 is 0 Å². The summed E-state index contributed by atoms with van der Waals surface area (Å²) in [5, 5.41) is 3.64. The molecular weight excluding hydrogens is 266 g/mol. The van der Waals surface area contributed by atoms with Gasteiger partial charge in [-0.2, -0.15) is 0 Å². The lowest BCUT2D eigenvalue weighted by Gasteiger charge is -2.29. The van der Waals surface area contributed by atoms with Gasteiger partial charge in [-0.25, -0.2) is 0 Å². The average Bonchev–Trinajstić information content (AvgIpc) is 3.13. The van der Waals surface area contributed by atoms with E-state index in [1.807, 2.05) is 0 Å². The Hall–Kier alpha value is -0.540. The summed E-state index contributed by atoms with van der Waals surface area (Å²) in [6.07, 6.45) is 3.79. The van der Waals surface area contributed by atoms with Gasteiger partial charge in [-0.05, 0) is 49.4 Å². The Kier molecular flexibility index (Phi) is 2.68. The molecule has 2 aliphatic rings. The maximum Gasteiger partial charge on any atom is 0.122 e. The first-order valence-electron chi connectivity index (χ1n) is 5.90. The summed E-state index contributed by atoms with van der Waals surface area (Å²) >= 11 is 3.69. The van der Waals surface area contributed by atoms with Gasteiger partial charge in [0.05, 0.1) is 7.11 Å². The molecule has 1 atom stereocenters. The first-order chi connectivity index (χ1) is 7.81. The number of hydrogen-bond donors (Lipinski definition) is 1. The first kappa shape index (κ1) is 10.6. The minimum Gasteiger partial charge on any atom is -0.496 e. The van der Waals surface area contributed by atoms with E-state index in [0.717, 1.165) is 24.6 Å². The van der Waals surface area contributed by atoms with Gasteiger partial charge in [-0.3, -0.25) is 0 Å². The molecule has 3 heteroatoms. The monoisotopic (exact) mass is 281 g/mol. The zero-order chi connectivity index (χ0) is 11.1. The van der Waals surface area contributed by atoms with Crippen molar-refractivity contribution in [2.75, 3.05) is 13.7 Å². The molecule has 1 heterocycles. The molecule has 0 saturated heterocycles. The van der Waals surface area contributed by atoms with E-state index >= 15 is 0 Å². The Morgan fingerprint density at radius 3 is 2.88 bits per heavy atom. The van der Waals surface area contributed by atoms with Crippen molar-refractivity contribution in [1.29, 1.82) is 0 Å². The fourth-order valence-electron chi connectivity index (χ4n) is 2.69. The third kappa shape index (κ3) is 1.66. The van der Waals surface area contributed by atoms with Crippen molar-refractivity contribution < 1.29 is 4.74 Å². The lowest BCUT2D eigenvalue weighted by Crippen LogP contribution is -2.31. The Bertz CT molecular complexity index is 415. The Labute approximate surface area is 105 Å². The lowest BCUT2D eigenvalue weighted by atomic mass is 9.91. The molecule has 1 aliphatic heterocycles. The van der Waals surface area contributed by atoms with Crippen molar-refractivity contribution in [2.24, 2.45) is 5.92 Å². The van der Waals surface area contributed by atoms with Crippen molar-refractivity contribution >= 4 is 15.9 Å². The van der Waals surface area contributed by atoms with Crippen LogP contribution >= 0.6 is 15.9 Å². The van der Waals surface area contributed by atoms with Crippen LogP contribution in [0.2, 0.25) is 0 Å². The number of nitrogens with one attached hydrogen (secondary N) is 1. The van der Waals surface area contributed by atoms with Gasteiger partial charge in [-0.1, -0.05) is 15.9 Å². The smallest absolute Gasteiger partial charge is 0.122 e. The van der Waals surface area contributed by atoms with Crippen LogP contribution in [-0.4, -0.2) is 13.7 Å². The molecule has 2 nitrogen and oxygen atoms in total. The molecule has 1 N–H and O–H groups in total. The topological polar surface area (TPSA) is 21.3 Å². The van der Waals surface area contributed by atoms with E-state index in [1.165, 1.54) is 28.4 Å². The molecule has 1 fully saturated rings. The highest BCUT2D eigenvalue weighted by Gasteiger charge is 2.36. The summed E-state index contributed by atoms with van der Waals surface area (Å²) in [6.45, 7) is 1.07. The van der Waals surface area contributed by atoms with Crippen LogP contribution in [0.3, 0.4) is 0 Å². The van der Waals surface area contributed by atoms with E-state index < -0.39 is 0 Å². The van der Waals surface area contributed by atoms with E-state index in [0.29, 0.717) is 6.04 Å². The van der Waals surface area contributed by atoms with Crippen LogP contribution in [0, 0.1) is 5.92 Å². The van der Waals surface area contributed by atoms with Crippen LogP contribution in [0.25, 0.3) is 0 Å². The van der Waals surface area contributed by atoms with Gasteiger partial charge in [-0.15, -0.1) is 0 Å². The summed E-state index contributed by atoms with van der Waals surface area (Å²) in [5.41, 5.74) is 2.83. The zero-order valence-corrected chi connectivity index (χ0v) is 11.0. The lowest BCUT2D eigenvalue weighted by molar-refractivity contribution is 0.394. The van der Waals surface area contributed by atoms with Crippen molar-refractivity contribution in [1.82, 2.24) is 5.32 Å². The molecule has 0 radical (unpaired) electrons. The molecular formula is C13H16BrNO. The highest BCUT2D eigenvalue weighted by atomic mass is 79.9. The van der Waals surface area contributed by atoms with Crippen LogP contribution in [-0.2, 0) is 6.42 Å². The highest BCUT2D eigenvalue weighted by molar-refractivity contribution is 9.10. The van der Waals surface area contributed by atoms with Gasteiger partial charge in [0.25, 0.3) is 0 Å². The standard InChI is InChI=1S/C13H16BrNO/c1-16-11-5-4-10(14)12-9(11)6-7-15-13(12)8-2-3-8/h4-5,8,13,15H,2-3,6-7H2,1H3. The molecule has 1 aliphatic carbocycles. The van der Waals surface area contributed by atoms with Crippen molar-refractivity contribution in [3.05, 3.63) is 27.7 Å². The fraction of sp³-hybridized carbons (Fsp3) is 0.538. The summed E-state index contributed by atoms with van der Waals surface area (Å²) < 4.78 is 6.70. The maximum absolute atomic E-state index is 5.47. The second kappa shape index (κ2) is 4.04. The summed E-state index contributed by atoms with van der Waals surface area (Å²) in [4.78, 5) is 0. The number of fused-ring (bicyclic) bond motifs is 1. The first-order valence-corrected chi connectivity index (χ1v) is 6.69. The molecule has 1 aromatic carbocycles. The molecule has 86 valence electrons. The third-order valence-electron chi connectivity index (χ3n) is 3.62. The average molecular weight is 282 g/mol. The summed E-state index contributed by atoms with van der Waals surface area (Å²) in [5.74, 6) is 1.88. The molecule has 16 heavy (non-hydrogen) atoms. The number of benzene rings is 1. The number of hydrogen-bond acceptors (Lipinski definition) is 2. The molecule has 1 saturated carbocycles. The van der Waals surface area contributed by atoms with E-state index in [2.05, 4.69) is 33.4 Å². The van der Waals surface area contributed by atoms with Gasteiger partial charge in [0, 0.05) is 16.1 Å². The normalized spacial score (nSPS) is 24.0. The molecule has 1 unspecified atom stereocenters. The number of halogens is 1. The Balaban J connectivity index is 2.10.